The number of aromatic carboxylic acids is 1. The molecule has 0 unspecified atom stereocenters. The SMILES string of the molecule is O=C(O)c1ccc(NC(=O)c2cc([N+](=O)[O-])cn2Cc2csc(N3CCCCC3)n2)cc1. The molecule has 2 N–H and O–H groups in total. The molecule has 0 spiro atoms. The zero-order valence-electron chi connectivity index (χ0n) is 17.1. The molecule has 32 heavy (non-hydrogen) atoms. The van der Waals surface area contributed by atoms with Crippen molar-refractivity contribution in [2.24, 2.45) is 0 Å². The smallest absolute Gasteiger partial charge is 0.335 e. The van der Waals surface area contributed by atoms with Gasteiger partial charge in [0.1, 0.15) is 5.69 Å². The Morgan fingerprint density at radius 2 is 1.91 bits per heavy atom. The summed E-state index contributed by atoms with van der Waals surface area (Å²) in [6.07, 6.45) is 4.81. The molecule has 0 radical (unpaired) electrons. The van der Waals surface area contributed by atoms with Crippen molar-refractivity contribution >= 4 is 39.7 Å². The standard InChI is InChI=1S/C21H21N5O5S/c27-19(22-15-6-4-14(5-7-15)20(28)29)18-10-17(26(30)31)12-25(18)11-16-13-32-21(23-16)24-8-2-1-3-9-24/h4-7,10,12-13H,1-3,8-9,11H2,(H,22,27)(H,28,29). The monoisotopic (exact) mass is 455 g/mol. The summed E-state index contributed by atoms with van der Waals surface area (Å²) in [7, 11) is 0. The molecule has 3 heterocycles. The average molecular weight is 455 g/mol. The zero-order valence-corrected chi connectivity index (χ0v) is 17.9. The van der Waals surface area contributed by atoms with Crippen molar-refractivity contribution in [1.82, 2.24) is 9.55 Å². The molecule has 1 fully saturated rings. The topological polar surface area (TPSA) is 131 Å². The molecule has 0 atom stereocenters. The lowest BCUT2D eigenvalue weighted by molar-refractivity contribution is -0.384. The quantitative estimate of drug-likeness (QED) is 0.409. The molecule has 1 aliphatic rings. The lowest BCUT2D eigenvalue weighted by Gasteiger charge is -2.25. The lowest BCUT2D eigenvalue weighted by Crippen LogP contribution is -2.29. The van der Waals surface area contributed by atoms with Crippen molar-refractivity contribution in [3.8, 4) is 0 Å². The highest BCUT2D eigenvalue weighted by Crippen LogP contribution is 2.26. The van der Waals surface area contributed by atoms with Crippen molar-refractivity contribution in [2.75, 3.05) is 23.3 Å². The number of nitrogens with zero attached hydrogens (tertiary/aromatic N) is 4. The molecule has 11 heteroatoms. The summed E-state index contributed by atoms with van der Waals surface area (Å²) in [5, 5.41) is 25.8. The molecule has 1 saturated heterocycles. The second-order valence-electron chi connectivity index (χ2n) is 7.47. The maximum atomic E-state index is 12.8. The van der Waals surface area contributed by atoms with Gasteiger partial charge in [0, 0.05) is 30.2 Å². The van der Waals surface area contributed by atoms with E-state index in [0.29, 0.717) is 5.69 Å². The Bertz CT molecular complexity index is 1150. The normalized spacial score (nSPS) is 13.7. The minimum atomic E-state index is -1.07. The molecule has 3 aromatic rings. The zero-order chi connectivity index (χ0) is 22.7. The number of thiazole rings is 1. The molecule has 0 bridgehead atoms. The van der Waals surface area contributed by atoms with Gasteiger partial charge < -0.3 is 19.9 Å². The van der Waals surface area contributed by atoms with Crippen LogP contribution in [0.3, 0.4) is 0 Å². The lowest BCUT2D eigenvalue weighted by atomic mass is 10.1. The molecule has 1 amide bonds. The largest absolute Gasteiger partial charge is 0.478 e. The third kappa shape index (κ3) is 4.78. The summed E-state index contributed by atoms with van der Waals surface area (Å²) in [5.41, 5.74) is 1.13. The van der Waals surface area contributed by atoms with Crippen LogP contribution < -0.4 is 10.2 Å². The van der Waals surface area contributed by atoms with Crippen molar-refractivity contribution in [3.05, 3.63) is 69.0 Å². The van der Waals surface area contributed by atoms with E-state index in [2.05, 4.69) is 15.2 Å². The maximum absolute atomic E-state index is 12.8. The molecule has 166 valence electrons. The molecule has 2 aromatic heterocycles. The van der Waals surface area contributed by atoms with Gasteiger partial charge >= 0.3 is 5.97 Å². The Morgan fingerprint density at radius 3 is 2.56 bits per heavy atom. The van der Waals surface area contributed by atoms with E-state index < -0.39 is 16.8 Å². The minimum absolute atomic E-state index is 0.0926. The van der Waals surface area contributed by atoms with Crippen molar-refractivity contribution < 1.29 is 19.6 Å². The highest BCUT2D eigenvalue weighted by Gasteiger charge is 2.21. The number of carbonyl (C=O) groups is 2. The van der Waals surface area contributed by atoms with Crippen LogP contribution in [0.1, 0.15) is 45.8 Å². The molecule has 1 aliphatic heterocycles. The number of aromatic nitrogens is 2. The second-order valence-corrected chi connectivity index (χ2v) is 8.31. The molecular weight excluding hydrogens is 434 g/mol. The highest BCUT2D eigenvalue weighted by atomic mass is 32.1. The first-order valence-electron chi connectivity index (χ1n) is 10.1. The Hall–Kier alpha value is -3.73. The Morgan fingerprint density at radius 1 is 1.19 bits per heavy atom. The number of piperidine rings is 1. The molecule has 0 saturated carbocycles. The average Bonchev–Trinajstić information content (AvgIpc) is 3.42. The fourth-order valence-electron chi connectivity index (χ4n) is 3.58. The van der Waals surface area contributed by atoms with Crippen LogP contribution in [0.2, 0.25) is 0 Å². The Kier molecular flexibility index (Phi) is 6.17. The Labute approximate surface area is 187 Å². The van der Waals surface area contributed by atoms with E-state index in [0.717, 1.165) is 36.8 Å². The van der Waals surface area contributed by atoms with Gasteiger partial charge in [-0.15, -0.1) is 11.3 Å². The molecule has 0 aliphatic carbocycles. The number of anilines is 2. The van der Waals surface area contributed by atoms with E-state index in [-0.39, 0.29) is 23.5 Å². The van der Waals surface area contributed by atoms with Gasteiger partial charge in [0.25, 0.3) is 11.6 Å². The molecular formula is C21H21N5O5S. The van der Waals surface area contributed by atoms with Crippen LogP contribution in [0.15, 0.2) is 41.9 Å². The van der Waals surface area contributed by atoms with Crippen LogP contribution in [0.25, 0.3) is 0 Å². The maximum Gasteiger partial charge on any atom is 0.335 e. The molecule has 4 rings (SSSR count). The fraction of sp³-hybridized carbons (Fsp3) is 0.286. The van der Waals surface area contributed by atoms with Gasteiger partial charge in [-0.05, 0) is 43.5 Å². The van der Waals surface area contributed by atoms with Crippen LogP contribution in [-0.2, 0) is 6.54 Å². The number of carboxylic acids is 1. The summed E-state index contributed by atoms with van der Waals surface area (Å²) in [5.74, 6) is -1.60. The van der Waals surface area contributed by atoms with Crippen LogP contribution in [0.5, 0.6) is 0 Å². The summed E-state index contributed by atoms with van der Waals surface area (Å²) < 4.78 is 1.51. The number of carbonyl (C=O) groups excluding carboxylic acids is 1. The molecule has 1 aromatic carbocycles. The molecule has 10 nitrogen and oxygen atoms in total. The number of rotatable bonds is 7. The fourth-order valence-corrected chi connectivity index (χ4v) is 4.45. The van der Waals surface area contributed by atoms with Crippen LogP contribution in [0, 0.1) is 10.1 Å². The third-order valence-corrected chi connectivity index (χ3v) is 6.16. The van der Waals surface area contributed by atoms with Crippen molar-refractivity contribution in [3.63, 3.8) is 0 Å². The number of hydrogen-bond donors (Lipinski definition) is 2. The number of nitro groups is 1. The first kappa shape index (κ1) is 21.5. The van der Waals surface area contributed by atoms with E-state index in [1.165, 1.54) is 58.9 Å². The summed E-state index contributed by atoms with van der Waals surface area (Å²) >= 11 is 1.53. The van der Waals surface area contributed by atoms with Gasteiger partial charge in [-0.2, -0.15) is 0 Å². The third-order valence-electron chi connectivity index (χ3n) is 5.21. The van der Waals surface area contributed by atoms with E-state index in [4.69, 9.17) is 5.11 Å². The predicted octanol–water partition coefficient (Wildman–Crippen LogP) is 3.84. The van der Waals surface area contributed by atoms with E-state index in [1.807, 2.05) is 5.38 Å². The number of carboxylic acid groups (broad SMARTS) is 1. The Balaban J connectivity index is 1.53. The van der Waals surface area contributed by atoms with Gasteiger partial charge in [-0.1, -0.05) is 0 Å². The van der Waals surface area contributed by atoms with Crippen molar-refractivity contribution in [2.45, 2.75) is 25.8 Å². The van der Waals surface area contributed by atoms with Gasteiger partial charge in [0.05, 0.1) is 28.9 Å². The van der Waals surface area contributed by atoms with Gasteiger partial charge in [0.2, 0.25) is 0 Å². The first-order valence-corrected chi connectivity index (χ1v) is 11.0. The predicted molar refractivity (Wildman–Crippen MR) is 120 cm³/mol. The van der Waals surface area contributed by atoms with E-state index in [9.17, 15) is 19.7 Å². The summed E-state index contributed by atoms with van der Waals surface area (Å²) in [6.45, 7) is 2.16. The number of hydrogen-bond acceptors (Lipinski definition) is 7. The number of benzene rings is 1. The van der Waals surface area contributed by atoms with Crippen LogP contribution in [-0.4, -0.2) is 44.5 Å². The van der Waals surface area contributed by atoms with Gasteiger partial charge in [-0.3, -0.25) is 14.9 Å². The van der Waals surface area contributed by atoms with Crippen LogP contribution in [0.4, 0.5) is 16.5 Å². The summed E-state index contributed by atoms with van der Waals surface area (Å²) in [4.78, 5) is 41.5. The van der Waals surface area contributed by atoms with E-state index >= 15 is 0 Å². The van der Waals surface area contributed by atoms with Gasteiger partial charge in [-0.25, -0.2) is 9.78 Å². The van der Waals surface area contributed by atoms with Crippen molar-refractivity contribution in [1.29, 1.82) is 0 Å². The highest BCUT2D eigenvalue weighted by molar-refractivity contribution is 7.13. The number of nitrogens with one attached hydrogen (secondary N) is 1. The summed E-state index contributed by atoms with van der Waals surface area (Å²) in [6, 6.07) is 6.90. The second kappa shape index (κ2) is 9.18. The number of amides is 1. The first-order chi connectivity index (χ1) is 15.4. The van der Waals surface area contributed by atoms with E-state index in [1.54, 1.807) is 0 Å². The van der Waals surface area contributed by atoms with Gasteiger partial charge in [0.15, 0.2) is 5.13 Å². The minimum Gasteiger partial charge on any atom is -0.478 e. The van der Waals surface area contributed by atoms with Crippen LogP contribution >= 0.6 is 11.3 Å².